The highest BCUT2D eigenvalue weighted by Crippen LogP contribution is 2.20. The van der Waals surface area contributed by atoms with Crippen molar-refractivity contribution in [1.82, 2.24) is 19.6 Å². The van der Waals surface area contributed by atoms with Crippen molar-refractivity contribution < 1.29 is 57.4 Å². The Morgan fingerprint density at radius 3 is 1.50 bits per heavy atom. The summed E-state index contributed by atoms with van der Waals surface area (Å²) < 4.78 is 45.3. The van der Waals surface area contributed by atoms with E-state index in [1.54, 1.807) is 7.11 Å². The largest absolute Gasteiger partial charge is 0.491 e. The van der Waals surface area contributed by atoms with Crippen molar-refractivity contribution in [3.05, 3.63) is 29.8 Å². The Balaban J connectivity index is 2.50. The van der Waals surface area contributed by atoms with Gasteiger partial charge in [-0.1, -0.05) is 12.1 Å². The van der Waals surface area contributed by atoms with Crippen LogP contribution in [0.4, 0.5) is 0 Å². The first-order valence-electron chi connectivity index (χ1n) is 22.1. The third-order valence-corrected chi connectivity index (χ3v) is 9.05. The molecule has 0 radical (unpaired) electrons. The van der Waals surface area contributed by atoms with Crippen molar-refractivity contribution in [2.45, 2.75) is 124 Å². The van der Waals surface area contributed by atoms with Crippen LogP contribution >= 0.6 is 0 Å². The Morgan fingerprint density at radius 2 is 1.03 bits per heavy atom. The molecule has 0 spiro atoms. The number of rotatable bonds is 21. The number of nitrogens with zero attached hydrogens (tertiary/aromatic N) is 4. The predicted octanol–water partition coefficient (Wildman–Crippen LogP) is 4.04. The van der Waals surface area contributed by atoms with Crippen LogP contribution in [0.1, 0.15) is 88.6 Å². The molecule has 62 heavy (non-hydrogen) atoms. The Labute approximate surface area is 372 Å². The molecule has 1 fully saturated rings. The van der Waals surface area contributed by atoms with Gasteiger partial charge in [-0.3, -0.25) is 34.0 Å². The Bertz CT molecular complexity index is 1440. The van der Waals surface area contributed by atoms with Crippen LogP contribution in [-0.2, 0) is 54.0 Å². The van der Waals surface area contributed by atoms with Gasteiger partial charge in [0.1, 0.15) is 29.2 Å². The topological polar surface area (TPSA) is 158 Å². The number of aliphatic hydroxyl groups is 1. The van der Waals surface area contributed by atoms with Crippen LogP contribution in [0.3, 0.4) is 0 Å². The van der Waals surface area contributed by atoms with Gasteiger partial charge >= 0.3 is 17.9 Å². The molecule has 2 rings (SSSR count). The van der Waals surface area contributed by atoms with Crippen molar-refractivity contribution in [2.75, 3.05) is 119 Å². The van der Waals surface area contributed by atoms with Gasteiger partial charge in [-0.15, -0.1) is 0 Å². The molecule has 0 saturated carbocycles. The maximum atomic E-state index is 13.6. The number of methoxy groups -OCH3 is 1. The minimum absolute atomic E-state index is 0.000480. The van der Waals surface area contributed by atoms with Gasteiger partial charge in [-0.2, -0.15) is 0 Å². The van der Waals surface area contributed by atoms with Gasteiger partial charge in [0.05, 0.1) is 58.3 Å². The molecule has 0 aromatic heterocycles. The first-order valence-corrected chi connectivity index (χ1v) is 22.1. The number of benzene rings is 1. The van der Waals surface area contributed by atoms with Crippen molar-refractivity contribution in [1.29, 1.82) is 0 Å². The SMILES string of the molecule is COCCOCCOCCOc1ccc(C[C@H]2CN(CC(O)OC(C)(C)C)CCN(CC(=O)OC(C)(C)C)CCN(CC(=O)OC(C)(C)C)CCN2CC(=O)OC(C)(C)C)cc1. The van der Waals surface area contributed by atoms with Crippen LogP contribution in [-0.4, -0.2) is 196 Å². The summed E-state index contributed by atoms with van der Waals surface area (Å²) in [6.45, 7) is 28.4. The lowest BCUT2D eigenvalue weighted by Crippen LogP contribution is -2.54. The summed E-state index contributed by atoms with van der Waals surface area (Å²) in [5, 5.41) is 11.2. The van der Waals surface area contributed by atoms with Gasteiger partial charge in [-0.25, -0.2) is 0 Å². The molecule has 1 heterocycles. The fraction of sp³-hybridized carbons (Fsp3) is 0.804. The van der Waals surface area contributed by atoms with Crippen LogP contribution in [0.2, 0.25) is 0 Å². The smallest absolute Gasteiger partial charge is 0.320 e. The van der Waals surface area contributed by atoms with Crippen LogP contribution in [0.15, 0.2) is 24.3 Å². The molecule has 0 aliphatic carbocycles. The molecule has 1 N–H and O–H groups in total. The molecule has 0 bridgehead atoms. The molecular formula is C46H82N4O12. The summed E-state index contributed by atoms with van der Waals surface area (Å²) in [5.41, 5.74) is -1.60. The zero-order chi connectivity index (χ0) is 46.6. The van der Waals surface area contributed by atoms with Crippen LogP contribution in [0, 0.1) is 0 Å². The number of hydrogen-bond donors (Lipinski definition) is 1. The third kappa shape index (κ3) is 27.3. The lowest BCUT2D eigenvalue weighted by atomic mass is 10.0. The Hall–Kier alpha value is -2.93. The quantitative estimate of drug-likeness (QED) is 0.0816. The van der Waals surface area contributed by atoms with E-state index in [1.807, 2.05) is 117 Å². The summed E-state index contributed by atoms with van der Waals surface area (Å²) >= 11 is 0. The fourth-order valence-electron chi connectivity index (χ4n) is 6.63. The molecule has 0 amide bonds. The van der Waals surface area contributed by atoms with Crippen LogP contribution < -0.4 is 4.74 Å². The molecular weight excluding hydrogens is 801 g/mol. The molecule has 1 unspecified atom stereocenters. The van der Waals surface area contributed by atoms with Crippen LogP contribution in [0.25, 0.3) is 0 Å². The summed E-state index contributed by atoms with van der Waals surface area (Å²) in [5.74, 6) is -0.383. The Morgan fingerprint density at radius 1 is 0.597 bits per heavy atom. The minimum Gasteiger partial charge on any atom is -0.491 e. The fourth-order valence-corrected chi connectivity index (χ4v) is 6.63. The van der Waals surface area contributed by atoms with E-state index in [-0.39, 0.29) is 50.1 Å². The van der Waals surface area contributed by atoms with E-state index in [4.69, 9.17) is 37.9 Å². The van der Waals surface area contributed by atoms with E-state index >= 15 is 0 Å². The van der Waals surface area contributed by atoms with Gasteiger partial charge in [0.25, 0.3) is 0 Å². The predicted molar refractivity (Wildman–Crippen MR) is 238 cm³/mol. The first kappa shape index (κ1) is 55.2. The van der Waals surface area contributed by atoms with E-state index in [1.165, 1.54) is 0 Å². The highest BCUT2D eigenvalue weighted by molar-refractivity contribution is 5.73. The van der Waals surface area contributed by atoms with Crippen molar-refractivity contribution in [3.8, 4) is 5.75 Å². The lowest BCUT2D eigenvalue weighted by molar-refractivity contribution is -0.175. The zero-order valence-electron chi connectivity index (χ0n) is 40.4. The average molecular weight is 883 g/mol. The summed E-state index contributed by atoms with van der Waals surface area (Å²) in [7, 11) is 1.63. The molecule has 16 nitrogen and oxygen atoms in total. The molecule has 1 aromatic rings. The number of hydrogen-bond acceptors (Lipinski definition) is 16. The molecule has 16 heteroatoms. The Kier molecular flexibility index (Phi) is 23.8. The maximum absolute atomic E-state index is 13.6. The second-order valence-electron chi connectivity index (χ2n) is 19.8. The average Bonchev–Trinajstić information content (AvgIpc) is 3.10. The van der Waals surface area contributed by atoms with Gasteiger partial charge in [0, 0.05) is 65.5 Å². The van der Waals surface area contributed by atoms with Crippen LogP contribution in [0.5, 0.6) is 5.75 Å². The number of aliphatic hydroxyl groups excluding tert-OH is 1. The molecule has 1 aliphatic rings. The number of β-amino-alcohol motifs (C(OH)–C–C–N with tert-alkyl or cyclic N) is 1. The number of esters is 3. The molecule has 2 atom stereocenters. The van der Waals surface area contributed by atoms with Gasteiger partial charge < -0.3 is 43.0 Å². The number of carbonyl (C=O) groups excluding carboxylic acids is 3. The summed E-state index contributed by atoms with van der Waals surface area (Å²) in [6.07, 6.45) is -0.564. The molecule has 358 valence electrons. The van der Waals surface area contributed by atoms with Crippen molar-refractivity contribution in [3.63, 3.8) is 0 Å². The van der Waals surface area contributed by atoms with Gasteiger partial charge in [-0.05, 0) is 107 Å². The second kappa shape index (κ2) is 26.8. The van der Waals surface area contributed by atoms with E-state index in [9.17, 15) is 19.5 Å². The van der Waals surface area contributed by atoms with Gasteiger partial charge in [0.15, 0.2) is 6.29 Å². The van der Waals surface area contributed by atoms with Crippen molar-refractivity contribution in [2.24, 2.45) is 0 Å². The summed E-state index contributed by atoms with van der Waals surface area (Å²) in [6, 6.07) is 7.61. The van der Waals surface area contributed by atoms with E-state index in [2.05, 4.69) is 9.80 Å². The van der Waals surface area contributed by atoms with Gasteiger partial charge in [0.2, 0.25) is 0 Å². The highest BCUT2D eigenvalue weighted by Gasteiger charge is 2.31. The van der Waals surface area contributed by atoms with E-state index in [0.29, 0.717) is 97.6 Å². The number of ether oxygens (including phenoxy) is 8. The molecule has 1 aromatic carbocycles. The molecule has 1 aliphatic heterocycles. The normalized spacial score (nSPS) is 18.1. The molecule has 1 saturated heterocycles. The maximum Gasteiger partial charge on any atom is 0.320 e. The standard InChI is InChI=1S/C46H82N4O12/c1-43(2,3)59-39(51)32-47-18-19-48(33-40(52)60-44(4,5)6)22-23-50(35-42(54)62-46(10,11)12)37(31-49(21-20-47)34-41(53)61-45(7,8)9)30-36-14-16-38(17-15-36)58-29-28-57-27-26-56-25-24-55-13/h14-17,37,41,53H,18-35H2,1-13H3/t37-,41?/m0/s1. The second-order valence-corrected chi connectivity index (χ2v) is 19.8. The lowest BCUT2D eigenvalue weighted by Gasteiger charge is -2.39. The zero-order valence-corrected chi connectivity index (χ0v) is 40.4. The number of carbonyl (C=O) groups is 3. The van der Waals surface area contributed by atoms with E-state index in [0.717, 1.165) is 5.56 Å². The van der Waals surface area contributed by atoms with Crippen molar-refractivity contribution >= 4 is 17.9 Å². The van der Waals surface area contributed by atoms with E-state index < -0.39 is 28.7 Å². The monoisotopic (exact) mass is 883 g/mol. The first-order chi connectivity index (χ1) is 28.8. The highest BCUT2D eigenvalue weighted by atomic mass is 16.6. The minimum atomic E-state index is -1.10. The summed E-state index contributed by atoms with van der Waals surface area (Å²) in [4.78, 5) is 48.4. The third-order valence-electron chi connectivity index (χ3n) is 9.05.